The Morgan fingerprint density at radius 1 is 1.07 bits per heavy atom. The van der Waals surface area contributed by atoms with E-state index in [4.69, 9.17) is 9.47 Å². The average Bonchev–Trinajstić information content (AvgIpc) is 2.73. The molecule has 150 valence electrons. The van der Waals surface area contributed by atoms with Crippen molar-refractivity contribution < 1.29 is 22.8 Å². The Morgan fingerprint density at radius 3 is 2.32 bits per heavy atom. The Hall–Kier alpha value is -2.92. The Morgan fingerprint density at radius 2 is 1.79 bits per heavy atom. The third-order valence-corrected chi connectivity index (χ3v) is 6.41. The normalized spacial score (nSPS) is 15.3. The Bertz CT molecular complexity index is 956. The first-order chi connectivity index (χ1) is 13.4. The number of sulfonamides is 1. The number of nitrogens with zero attached hydrogens (tertiary/aromatic N) is 4. The van der Waals surface area contributed by atoms with Gasteiger partial charge in [0.25, 0.3) is 5.69 Å². The van der Waals surface area contributed by atoms with Crippen LogP contribution < -0.4 is 14.4 Å². The van der Waals surface area contributed by atoms with Crippen LogP contribution in [0, 0.1) is 10.1 Å². The van der Waals surface area contributed by atoms with Crippen LogP contribution in [-0.4, -0.2) is 63.0 Å². The monoisotopic (exact) mass is 408 g/mol. The fourth-order valence-corrected chi connectivity index (χ4v) is 4.55. The summed E-state index contributed by atoms with van der Waals surface area (Å²) in [5, 5.41) is 10.7. The molecule has 1 saturated heterocycles. The summed E-state index contributed by atoms with van der Waals surface area (Å²) in [7, 11) is -0.887. The van der Waals surface area contributed by atoms with Crippen LogP contribution in [0.25, 0.3) is 0 Å². The molecule has 11 heteroatoms. The minimum atomic E-state index is -3.77. The van der Waals surface area contributed by atoms with Crippen molar-refractivity contribution >= 4 is 21.5 Å². The fraction of sp³-hybridized carbons (Fsp3) is 0.353. The number of pyridine rings is 1. The second-order valence-electron chi connectivity index (χ2n) is 6.04. The van der Waals surface area contributed by atoms with Crippen molar-refractivity contribution in [3.8, 4) is 11.5 Å². The van der Waals surface area contributed by atoms with Crippen molar-refractivity contribution in [3.05, 3.63) is 46.6 Å². The minimum Gasteiger partial charge on any atom is -0.497 e. The first-order valence-corrected chi connectivity index (χ1v) is 9.88. The van der Waals surface area contributed by atoms with E-state index in [0.717, 1.165) is 0 Å². The van der Waals surface area contributed by atoms with Crippen molar-refractivity contribution in [2.24, 2.45) is 0 Å². The van der Waals surface area contributed by atoms with E-state index in [1.54, 1.807) is 18.2 Å². The molecule has 10 nitrogen and oxygen atoms in total. The second kappa shape index (κ2) is 7.98. The summed E-state index contributed by atoms with van der Waals surface area (Å²) in [6.45, 7) is 1.33. The molecular formula is C17H20N4O6S. The SMILES string of the molecule is COc1ccc(OC)c(S(=O)(=O)N2CCN(c3ccc([N+](=O)[O-])cn3)CC2)c1. The lowest BCUT2D eigenvalue weighted by Crippen LogP contribution is -2.49. The second-order valence-corrected chi connectivity index (χ2v) is 7.95. The van der Waals surface area contributed by atoms with Crippen LogP contribution in [0.4, 0.5) is 11.5 Å². The number of ether oxygens (including phenoxy) is 2. The molecule has 3 rings (SSSR count). The zero-order valence-electron chi connectivity index (χ0n) is 15.4. The summed E-state index contributed by atoms with van der Waals surface area (Å²) in [5.41, 5.74) is -0.0879. The van der Waals surface area contributed by atoms with E-state index in [2.05, 4.69) is 4.98 Å². The number of piperazine rings is 1. The molecular weight excluding hydrogens is 388 g/mol. The number of hydrogen-bond donors (Lipinski definition) is 0. The Balaban J connectivity index is 1.76. The van der Waals surface area contributed by atoms with Gasteiger partial charge in [-0.2, -0.15) is 4.31 Å². The maximum Gasteiger partial charge on any atom is 0.287 e. The molecule has 28 heavy (non-hydrogen) atoms. The molecule has 2 aromatic rings. The smallest absolute Gasteiger partial charge is 0.287 e. The largest absolute Gasteiger partial charge is 0.497 e. The Labute approximate surface area is 162 Å². The van der Waals surface area contributed by atoms with Crippen LogP contribution >= 0.6 is 0 Å². The van der Waals surface area contributed by atoms with E-state index >= 15 is 0 Å². The molecule has 1 aromatic carbocycles. The van der Waals surface area contributed by atoms with Gasteiger partial charge in [-0.3, -0.25) is 10.1 Å². The van der Waals surface area contributed by atoms with Gasteiger partial charge in [0, 0.05) is 38.3 Å². The molecule has 0 unspecified atom stereocenters. The van der Waals surface area contributed by atoms with Crippen molar-refractivity contribution in [1.82, 2.24) is 9.29 Å². The van der Waals surface area contributed by atoms with Crippen LogP contribution in [0.1, 0.15) is 0 Å². The molecule has 0 bridgehead atoms. The molecule has 0 radical (unpaired) electrons. The van der Waals surface area contributed by atoms with Crippen LogP contribution in [0.3, 0.4) is 0 Å². The lowest BCUT2D eigenvalue weighted by atomic mass is 10.3. The molecule has 0 amide bonds. The van der Waals surface area contributed by atoms with Crippen molar-refractivity contribution in [2.45, 2.75) is 4.90 Å². The molecule has 0 aliphatic carbocycles. The molecule has 1 fully saturated rings. The van der Waals surface area contributed by atoms with Gasteiger partial charge in [0.1, 0.15) is 28.4 Å². The highest BCUT2D eigenvalue weighted by atomic mass is 32.2. The zero-order valence-corrected chi connectivity index (χ0v) is 16.3. The molecule has 2 heterocycles. The molecule has 1 aromatic heterocycles. The number of nitro groups is 1. The number of anilines is 1. The first kappa shape index (κ1) is 19.8. The predicted octanol–water partition coefficient (Wildman–Crippen LogP) is 1.52. The van der Waals surface area contributed by atoms with Gasteiger partial charge in [-0.1, -0.05) is 0 Å². The molecule has 0 atom stereocenters. The molecule has 0 N–H and O–H groups in total. The van der Waals surface area contributed by atoms with Gasteiger partial charge in [0.2, 0.25) is 10.0 Å². The molecule has 0 spiro atoms. The van der Waals surface area contributed by atoms with Crippen molar-refractivity contribution in [2.75, 3.05) is 45.3 Å². The highest BCUT2D eigenvalue weighted by Gasteiger charge is 2.31. The highest BCUT2D eigenvalue weighted by molar-refractivity contribution is 7.89. The number of benzene rings is 1. The van der Waals surface area contributed by atoms with Gasteiger partial charge < -0.3 is 14.4 Å². The van der Waals surface area contributed by atoms with Crippen molar-refractivity contribution in [3.63, 3.8) is 0 Å². The predicted molar refractivity (Wildman–Crippen MR) is 101 cm³/mol. The van der Waals surface area contributed by atoms with Gasteiger partial charge in [0.15, 0.2) is 0 Å². The number of hydrogen-bond acceptors (Lipinski definition) is 8. The standard InChI is InChI=1S/C17H20N4O6S/c1-26-14-4-5-15(27-2)16(11-14)28(24,25)20-9-7-19(8-10-20)17-6-3-13(12-18-17)21(22)23/h3-6,11-12H,7-10H2,1-2H3. The molecule has 1 aliphatic rings. The van der Waals surface area contributed by atoms with E-state index < -0.39 is 14.9 Å². The third kappa shape index (κ3) is 3.85. The topological polar surface area (TPSA) is 115 Å². The van der Waals surface area contributed by atoms with Crippen LogP contribution in [0.2, 0.25) is 0 Å². The Kier molecular flexibility index (Phi) is 5.66. The van der Waals surface area contributed by atoms with Crippen LogP contribution in [0.5, 0.6) is 11.5 Å². The van der Waals surface area contributed by atoms with Crippen LogP contribution in [-0.2, 0) is 10.0 Å². The van der Waals surface area contributed by atoms with Gasteiger partial charge in [0.05, 0.1) is 19.1 Å². The van der Waals surface area contributed by atoms with Crippen molar-refractivity contribution in [1.29, 1.82) is 0 Å². The number of methoxy groups -OCH3 is 2. The molecule has 1 aliphatic heterocycles. The summed E-state index contributed by atoms with van der Waals surface area (Å²) in [6, 6.07) is 7.58. The van der Waals surface area contributed by atoms with Crippen LogP contribution in [0.15, 0.2) is 41.4 Å². The lowest BCUT2D eigenvalue weighted by molar-refractivity contribution is -0.385. The van der Waals surface area contributed by atoms with E-state index in [0.29, 0.717) is 24.7 Å². The minimum absolute atomic E-state index is 0.0521. The highest BCUT2D eigenvalue weighted by Crippen LogP contribution is 2.31. The summed E-state index contributed by atoms with van der Waals surface area (Å²) < 4.78 is 37.9. The number of rotatable bonds is 6. The zero-order chi connectivity index (χ0) is 20.3. The lowest BCUT2D eigenvalue weighted by Gasteiger charge is -2.34. The van der Waals surface area contributed by atoms with Gasteiger partial charge in [-0.05, 0) is 18.2 Å². The number of aromatic nitrogens is 1. The third-order valence-electron chi connectivity index (χ3n) is 4.49. The average molecular weight is 408 g/mol. The van der Waals surface area contributed by atoms with E-state index in [1.807, 2.05) is 4.90 Å². The van der Waals surface area contributed by atoms with Gasteiger partial charge >= 0.3 is 0 Å². The summed E-state index contributed by atoms with van der Waals surface area (Å²) in [4.78, 5) is 16.3. The summed E-state index contributed by atoms with van der Waals surface area (Å²) >= 11 is 0. The maximum atomic E-state index is 13.1. The van der Waals surface area contributed by atoms with E-state index in [1.165, 1.54) is 36.9 Å². The first-order valence-electron chi connectivity index (χ1n) is 8.44. The van der Waals surface area contributed by atoms with E-state index in [9.17, 15) is 18.5 Å². The van der Waals surface area contributed by atoms with Gasteiger partial charge in [-0.15, -0.1) is 0 Å². The van der Waals surface area contributed by atoms with E-state index in [-0.39, 0.29) is 29.4 Å². The fourth-order valence-electron chi connectivity index (χ4n) is 2.96. The molecule has 0 saturated carbocycles. The summed E-state index contributed by atoms with van der Waals surface area (Å²) in [5.74, 6) is 1.25. The maximum absolute atomic E-state index is 13.1. The quantitative estimate of drug-likeness (QED) is 0.522. The summed E-state index contributed by atoms with van der Waals surface area (Å²) in [6.07, 6.45) is 1.19. The van der Waals surface area contributed by atoms with Gasteiger partial charge in [-0.25, -0.2) is 13.4 Å².